The van der Waals surface area contributed by atoms with E-state index in [9.17, 15) is 0 Å². The van der Waals surface area contributed by atoms with E-state index in [1.807, 2.05) is 6.92 Å². The molecule has 0 fully saturated rings. The molecule has 4 aromatic carbocycles. The van der Waals surface area contributed by atoms with E-state index < -0.39 is 0 Å². The van der Waals surface area contributed by atoms with E-state index in [2.05, 4.69) is 121 Å². The minimum atomic E-state index is -0.383. The second-order valence-corrected chi connectivity index (χ2v) is 7.98. The van der Waals surface area contributed by atoms with Crippen molar-refractivity contribution in [3.8, 4) is 11.1 Å². The summed E-state index contributed by atoms with van der Waals surface area (Å²) in [4.78, 5) is 4.62. The van der Waals surface area contributed by atoms with Gasteiger partial charge in [-0.15, -0.1) is 0 Å². The van der Waals surface area contributed by atoms with E-state index >= 15 is 0 Å². The Morgan fingerprint density at radius 2 is 1.31 bits per heavy atom. The molecule has 0 aliphatic heterocycles. The summed E-state index contributed by atoms with van der Waals surface area (Å²) in [5, 5.41) is 0. The summed E-state index contributed by atoms with van der Waals surface area (Å²) in [6, 6.07) is 37.3. The number of allylic oxidation sites excluding steroid dienone is 2. The van der Waals surface area contributed by atoms with Crippen molar-refractivity contribution in [3.63, 3.8) is 0 Å². The van der Waals surface area contributed by atoms with Crippen LogP contribution in [0.15, 0.2) is 127 Å². The van der Waals surface area contributed by atoms with E-state index in [1.165, 1.54) is 33.4 Å². The molecule has 0 N–H and O–H groups in total. The van der Waals surface area contributed by atoms with Gasteiger partial charge in [0.05, 0.1) is 11.1 Å². The van der Waals surface area contributed by atoms with Crippen molar-refractivity contribution >= 4 is 11.9 Å². The van der Waals surface area contributed by atoms with Crippen LogP contribution in [0.2, 0.25) is 0 Å². The van der Waals surface area contributed by atoms with Gasteiger partial charge in [-0.3, -0.25) is 4.99 Å². The van der Waals surface area contributed by atoms with Gasteiger partial charge >= 0.3 is 0 Å². The zero-order chi connectivity index (χ0) is 22.0. The van der Waals surface area contributed by atoms with Crippen LogP contribution in [-0.2, 0) is 5.41 Å². The lowest BCUT2D eigenvalue weighted by atomic mass is 9.67. The van der Waals surface area contributed by atoms with Crippen LogP contribution in [0.25, 0.3) is 16.8 Å². The summed E-state index contributed by atoms with van der Waals surface area (Å²) in [5.41, 5.74) is 9.39. The minimum absolute atomic E-state index is 0.383. The summed E-state index contributed by atoms with van der Waals surface area (Å²) < 4.78 is 0. The lowest BCUT2D eigenvalue weighted by molar-refractivity contribution is 0.768. The number of rotatable bonds is 5. The molecule has 1 heteroatoms. The Morgan fingerprint density at radius 1 is 0.719 bits per heavy atom. The number of fused-ring (bicyclic) bond motifs is 3. The Kier molecular flexibility index (Phi) is 5.17. The molecule has 0 saturated carbocycles. The smallest absolute Gasteiger partial charge is 0.0713 e. The SMILES string of the molecule is C=CC=N/C(=C\C)c1ccc2c(c1)C(c1ccccc1)(c1ccccc1)c1ccccc1-2. The highest BCUT2D eigenvalue weighted by atomic mass is 14.7. The van der Waals surface area contributed by atoms with Gasteiger partial charge in [-0.05, 0) is 46.4 Å². The Balaban J connectivity index is 1.89. The van der Waals surface area contributed by atoms with E-state index in [0.717, 1.165) is 11.3 Å². The van der Waals surface area contributed by atoms with Crippen LogP contribution in [-0.4, -0.2) is 6.21 Å². The second kappa shape index (κ2) is 8.28. The van der Waals surface area contributed by atoms with Crippen molar-refractivity contribution in [3.05, 3.63) is 150 Å². The van der Waals surface area contributed by atoms with Crippen LogP contribution in [0.1, 0.15) is 34.7 Å². The van der Waals surface area contributed by atoms with Crippen molar-refractivity contribution in [2.24, 2.45) is 4.99 Å². The molecule has 0 unspecified atom stereocenters. The largest absolute Gasteiger partial charge is 0.257 e. The molecule has 0 aromatic heterocycles. The quantitative estimate of drug-likeness (QED) is 0.263. The van der Waals surface area contributed by atoms with Gasteiger partial charge in [-0.25, -0.2) is 0 Å². The van der Waals surface area contributed by atoms with E-state index in [1.54, 1.807) is 12.3 Å². The molecule has 0 amide bonds. The Bertz CT molecular complexity index is 1290. The van der Waals surface area contributed by atoms with Gasteiger partial charge in [0.1, 0.15) is 0 Å². The Labute approximate surface area is 190 Å². The molecule has 32 heavy (non-hydrogen) atoms. The van der Waals surface area contributed by atoms with E-state index in [0.29, 0.717) is 0 Å². The predicted molar refractivity (Wildman–Crippen MR) is 136 cm³/mol. The summed E-state index contributed by atoms with van der Waals surface area (Å²) in [6.45, 7) is 5.80. The Hall–Kier alpha value is -3.97. The van der Waals surface area contributed by atoms with E-state index in [4.69, 9.17) is 0 Å². The maximum Gasteiger partial charge on any atom is 0.0713 e. The number of aliphatic imine (C=N–C) groups is 1. The third-order valence-electron chi connectivity index (χ3n) is 6.35. The van der Waals surface area contributed by atoms with Gasteiger partial charge in [0, 0.05) is 11.8 Å². The summed E-state index contributed by atoms with van der Waals surface area (Å²) in [6.07, 6.45) is 5.51. The maximum absolute atomic E-state index is 4.62. The van der Waals surface area contributed by atoms with Gasteiger partial charge in [-0.1, -0.05) is 116 Å². The standard InChI is InChI=1S/C31H25N/c1-3-21-32-30(4-2)23-19-20-27-26-17-11-12-18-28(26)31(29(27)22-23,24-13-7-5-8-14-24)25-15-9-6-10-16-25/h3-22H,1H2,2H3/b30-4-,32-21?. The summed E-state index contributed by atoms with van der Waals surface area (Å²) in [7, 11) is 0. The van der Waals surface area contributed by atoms with Gasteiger partial charge in [-0.2, -0.15) is 0 Å². The highest BCUT2D eigenvalue weighted by Crippen LogP contribution is 2.56. The molecule has 5 rings (SSSR count). The minimum Gasteiger partial charge on any atom is -0.257 e. The third-order valence-corrected chi connectivity index (χ3v) is 6.35. The monoisotopic (exact) mass is 411 g/mol. The molecule has 0 radical (unpaired) electrons. The molecular weight excluding hydrogens is 386 g/mol. The fourth-order valence-corrected chi connectivity index (χ4v) is 5.05. The molecule has 0 heterocycles. The van der Waals surface area contributed by atoms with Crippen molar-refractivity contribution in [2.45, 2.75) is 12.3 Å². The van der Waals surface area contributed by atoms with Crippen molar-refractivity contribution in [1.29, 1.82) is 0 Å². The molecule has 1 nitrogen and oxygen atoms in total. The summed E-state index contributed by atoms with van der Waals surface area (Å²) in [5.74, 6) is 0. The van der Waals surface area contributed by atoms with E-state index in [-0.39, 0.29) is 5.41 Å². The Morgan fingerprint density at radius 3 is 1.94 bits per heavy atom. The zero-order valence-corrected chi connectivity index (χ0v) is 18.2. The van der Waals surface area contributed by atoms with Gasteiger partial charge in [0.2, 0.25) is 0 Å². The fraction of sp³-hybridized carbons (Fsp3) is 0.0645. The molecule has 4 aromatic rings. The number of nitrogens with zero attached hydrogens (tertiary/aromatic N) is 1. The number of hydrogen-bond donors (Lipinski definition) is 0. The first-order chi connectivity index (χ1) is 15.8. The number of hydrogen-bond acceptors (Lipinski definition) is 1. The fourth-order valence-electron chi connectivity index (χ4n) is 5.05. The first kappa shape index (κ1) is 20.0. The lowest BCUT2D eigenvalue weighted by Crippen LogP contribution is -2.28. The zero-order valence-electron chi connectivity index (χ0n) is 18.2. The van der Waals surface area contributed by atoms with Crippen molar-refractivity contribution < 1.29 is 0 Å². The van der Waals surface area contributed by atoms with Gasteiger partial charge in [0.15, 0.2) is 0 Å². The number of benzene rings is 4. The maximum atomic E-state index is 4.62. The first-order valence-corrected chi connectivity index (χ1v) is 11.0. The molecule has 0 saturated heterocycles. The van der Waals surface area contributed by atoms with Crippen LogP contribution in [0.5, 0.6) is 0 Å². The van der Waals surface area contributed by atoms with Crippen LogP contribution in [0.3, 0.4) is 0 Å². The average molecular weight is 412 g/mol. The van der Waals surface area contributed by atoms with Gasteiger partial charge < -0.3 is 0 Å². The van der Waals surface area contributed by atoms with Gasteiger partial charge in [0.25, 0.3) is 0 Å². The van der Waals surface area contributed by atoms with Crippen LogP contribution < -0.4 is 0 Å². The van der Waals surface area contributed by atoms with Crippen LogP contribution in [0, 0.1) is 0 Å². The lowest BCUT2D eigenvalue weighted by Gasteiger charge is -2.34. The molecular formula is C31H25N. The van der Waals surface area contributed by atoms with Crippen LogP contribution >= 0.6 is 0 Å². The molecule has 0 atom stereocenters. The molecule has 1 aliphatic carbocycles. The third kappa shape index (κ3) is 2.98. The van der Waals surface area contributed by atoms with Crippen molar-refractivity contribution in [2.75, 3.05) is 0 Å². The second-order valence-electron chi connectivity index (χ2n) is 7.98. The average Bonchev–Trinajstić information content (AvgIpc) is 3.16. The molecule has 1 aliphatic rings. The first-order valence-electron chi connectivity index (χ1n) is 11.0. The normalized spacial score (nSPS) is 14.2. The molecule has 0 spiro atoms. The van der Waals surface area contributed by atoms with Crippen molar-refractivity contribution in [1.82, 2.24) is 0 Å². The van der Waals surface area contributed by atoms with Crippen LogP contribution in [0.4, 0.5) is 0 Å². The molecule has 154 valence electrons. The predicted octanol–water partition coefficient (Wildman–Crippen LogP) is 7.67. The highest BCUT2D eigenvalue weighted by Gasteiger charge is 2.45. The topological polar surface area (TPSA) is 12.4 Å². The highest BCUT2D eigenvalue weighted by molar-refractivity contribution is 5.88. The summed E-state index contributed by atoms with van der Waals surface area (Å²) >= 11 is 0. The molecule has 0 bridgehead atoms.